The third-order valence-electron chi connectivity index (χ3n) is 3.55. The van der Waals surface area contributed by atoms with Crippen LogP contribution in [0.15, 0.2) is 11.9 Å². The lowest BCUT2D eigenvalue weighted by atomic mass is 9.83. The molecule has 0 bridgehead atoms. The molecule has 7 nitrogen and oxygen atoms in total. The van der Waals surface area contributed by atoms with Gasteiger partial charge in [0.1, 0.15) is 7.85 Å². The summed E-state index contributed by atoms with van der Waals surface area (Å²) in [6, 6.07) is 0. The monoisotopic (exact) mass is 372 g/mol. The molecule has 0 amide bonds. The summed E-state index contributed by atoms with van der Waals surface area (Å²) in [7, 11) is 0.946. The maximum absolute atomic E-state index is 11.6. The predicted molar refractivity (Wildman–Crippen MR) is 90.2 cm³/mol. The molecule has 0 radical (unpaired) electrons. The van der Waals surface area contributed by atoms with E-state index in [2.05, 4.69) is 4.52 Å². The Kier molecular flexibility index (Phi) is 7.93. The summed E-state index contributed by atoms with van der Waals surface area (Å²) in [6.07, 6.45) is 1.40. The van der Waals surface area contributed by atoms with Crippen molar-refractivity contribution in [3.05, 3.63) is 11.9 Å². The van der Waals surface area contributed by atoms with Crippen molar-refractivity contribution in [3.63, 3.8) is 0 Å². The van der Waals surface area contributed by atoms with Crippen molar-refractivity contribution in [3.8, 4) is 0 Å². The van der Waals surface area contributed by atoms with Crippen molar-refractivity contribution in [1.82, 2.24) is 0 Å². The highest BCUT2D eigenvalue weighted by Gasteiger charge is 2.43. The van der Waals surface area contributed by atoms with Crippen LogP contribution >= 0.6 is 14.3 Å². The quantitative estimate of drug-likeness (QED) is 0.488. The zero-order chi connectivity index (χ0) is 17.0. The maximum Gasteiger partial charge on any atom is 0.351 e. The minimum Gasteiger partial charge on any atom is -0.379 e. The third-order valence-corrected chi connectivity index (χ3v) is 6.29. The van der Waals surface area contributed by atoms with Gasteiger partial charge in [-0.25, -0.2) is 0 Å². The molecule has 0 aromatic rings. The molecule has 0 spiro atoms. The second-order valence-corrected chi connectivity index (χ2v) is 9.70. The average molecular weight is 372 g/mol. The van der Waals surface area contributed by atoms with Gasteiger partial charge in [-0.1, -0.05) is 6.08 Å². The van der Waals surface area contributed by atoms with Crippen LogP contribution in [0.4, 0.5) is 0 Å². The Morgan fingerprint density at radius 1 is 1.36 bits per heavy atom. The second-order valence-electron chi connectivity index (χ2n) is 5.12. The van der Waals surface area contributed by atoms with Gasteiger partial charge in [0.2, 0.25) is 0 Å². The summed E-state index contributed by atoms with van der Waals surface area (Å²) in [5.41, 5.74) is 0. The lowest BCUT2D eigenvalue weighted by Crippen LogP contribution is -2.30. The number of hydrogen-bond acceptors (Lipinski definition) is 6. The van der Waals surface area contributed by atoms with Crippen molar-refractivity contribution in [2.24, 2.45) is 5.92 Å². The Morgan fingerprint density at radius 2 is 2.00 bits per heavy atom. The smallest absolute Gasteiger partial charge is 0.351 e. The summed E-state index contributed by atoms with van der Waals surface area (Å²) in [4.78, 5) is 19.5. The van der Waals surface area contributed by atoms with Crippen molar-refractivity contribution in [2.45, 2.75) is 31.4 Å². The third kappa shape index (κ3) is 5.82. The highest BCUT2D eigenvalue weighted by atomic mass is 32.5. The van der Waals surface area contributed by atoms with Gasteiger partial charge in [-0.2, -0.15) is 0 Å². The lowest BCUT2D eigenvalue weighted by molar-refractivity contribution is 0.00384. The van der Waals surface area contributed by atoms with Crippen LogP contribution in [0.5, 0.6) is 0 Å². The van der Waals surface area contributed by atoms with Crippen LogP contribution in [0.1, 0.15) is 13.3 Å². The summed E-state index contributed by atoms with van der Waals surface area (Å²) in [6.45, 7) is -1.42. The van der Waals surface area contributed by atoms with Gasteiger partial charge in [-0.05, 0) is 31.0 Å². The van der Waals surface area contributed by atoms with Crippen LogP contribution in [0.2, 0.25) is 5.82 Å². The Morgan fingerprint density at radius 3 is 2.50 bits per heavy atom. The Hall–Kier alpha value is 0.445. The number of hydrogen-bond donors (Lipinski definition) is 2. The van der Waals surface area contributed by atoms with Gasteiger partial charge in [-0.15, -0.1) is 0 Å². The summed E-state index contributed by atoms with van der Waals surface area (Å²) in [5, 5.41) is 0. The van der Waals surface area contributed by atoms with Gasteiger partial charge < -0.3 is 28.1 Å². The first-order valence-electron chi connectivity index (χ1n) is 6.92. The molecule has 0 aromatic heterocycles. The molecule has 1 aliphatic carbocycles. The Labute approximate surface area is 137 Å². The molecular formula is C11H23BO7P2S. The molecule has 1 rings (SSSR count). The van der Waals surface area contributed by atoms with Gasteiger partial charge in [0, 0.05) is 26.0 Å². The number of ether oxygens (including phenoxy) is 1. The first kappa shape index (κ1) is 20.5. The molecule has 2 unspecified atom stereocenters. The molecule has 1 aliphatic rings. The van der Waals surface area contributed by atoms with E-state index in [0.29, 0.717) is 6.42 Å². The first-order chi connectivity index (χ1) is 10.2. The minimum atomic E-state index is -3.75. The van der Waals surface area contributed by atoms with E-state index in [1.807, 2.05) is 7.85 Å². The van der Waals surface area contributed by atoms with Crippen LogP contribution in [0.25, 0.3) is 0 Å². The van der Waals surface area contributed by atoms with Crippen molar-refractivity contribution in [2.75, 3.05) is 20.8 Å². The Balaban J connectivity index is 2.94. The number of rotatable bonds is 8. The zero-order valence-corrected chi connectivity index (χ0v) is 15.7. The highest BCUT2D eigenvalue weighted by molar-refractivity contribution is 8.07. The second kappa shape index (κ2) is 8.52. The van der Waals surface area contributed by atoms with E-state index < -0.39 is 20.4 Å². The largest absolute Gasteiger partial charge is 0.379 e. The average Bonchev–Trinajstić information content (AvgIpc) is 2.71. The van der Waals surface area contributed by atoms with E-state index in [0.717, 1.165) is 12.9 Å². The SMILES string of the molecule is B[C@@H]1C[C@H](/C=C/P(=O)(O)OC)[C@@H](OP(O)(=S)OCC)[C@H]1OC. The van der Waals surface area contributed by atoms with Crippen LogP contribution in [-0.4, -0.2) is 50.7 Å². The fourth-order valence-corrected chi connectivity index (χ4v) is 4.73. The van der Waals surface area contributed by atoms with Crippen molar-refractivity contribution >= 4 is 34.0 Å². The topological polar surface area (TPSA) is 94.5 Å². The molecule has 0 aliphatic heterocycles. The molecule has 11 heteroatoms. The standard InChI is InChI=1S/C11H23BO7P2S/c1-4-18-21(15,22)19-10-8(5-6-20(13,14)17-3)7-9(12)11(10)16-2/h5-6,8-11H,4,7,12H2,1-3H3,(H,13,14)(H,15,22)/b6-5+/t8-,9+,10+,11-,21?/m0/s1. The lowest BCUT2D eigenvalue weighted by Gasteiger charge is -2.27. The van der Waals surface area contributed by atoms with E-state index in [4.69, 9.17) is 25.6 Å². The van der Waals surface area contributed by atoms with E-state index in [1.165, 1.54) is 0 Å². The molecule has 0 heterocycles. The first-order valence-corrected chi connectivity index (χ1v) is 11.2. The van der Waals surface area contributed by atoms with Gasteiger partial charge in [0.25, 0.3) is 0 Å². The fraction of sp³-hybridized carbons (Fsp3) is 0.818. The van der Waals surface area contributed by atoms with Crippen molar-refractivity contribution < 1.29 is 32.7 Å². The minimum absolute atomic E-state index is 0.141. The van der Waals surface area contributed by atoms with Gasteiger partial charge in [-0.3, -0.25) is 4.57 Å². The molecule has 1 fully saturated rings. The molecule has 6 atom stereocenters. The summed E-state index contributed by atoms with van der Waals surface area (Å²) >= 11 is 4.97. The molecular weight excluding hydrogens is 349 g/mol. The zero-order valence-electron chi connectivity index (χ0n) is 13.1. The van der Waals surface area contributed by atoms with Crippen LogP contribution in [0, 0.1) is 5.92 Å². The van der Waals surface area contributed by atoms with Gasteiger partial charge in [0.05, 0.1) is 18.8 Å². The molecule has 0 saturated heterocycles. The van der Waals surface area contributed by atoms with E-state index in [9.17, 15) is 14.4 Å². The fourth-order valence-electron chi connectivity index (χ4n) is 2.59. The van der Waals surface area contributed by atoms with E-state index >= 15 is 0 Å². The molecule has 1 saturated carbocycles. The molecule has 2 N–H and O–H groups in total. The molecule has 22 heavy (non-hydrogen) atoms. The van der Waals surface area contributed by atoms with Crippen molar-refractivity contribution in [1.29, 1.82) is 0 Å². The normalized spacial score (nSPS) is 34.6. The molecule has 128 valence electrons. The predicted octanol–water partition coefficient (Wildman–Crippen LogP) is 1.43. The summed E-state index contributed by atoms with van der Waals surface area (Å²) in [5.74, 6) is 1.03. The van der Waals surface area contributed by atoms with E-state index in [1.54, 1.807) is 20.1 Å². The maximum atomic E-state index is 11.6. The van der Waals surface area contributed by atoms with Crippen LogP contribution in [0.3, 0.4) is 0 Å². The van der Waals surface area contributed by atoms with E-state index in [-0.39, 0.29) is 24.4 Å². The highest BCUT2D eigenvalue weighted by Crippen LogP contribution is 2.52. The number of methoxy groups -OCH3 is 1. The van der Waals surface area contributed by atoms with Crippen LogP contribution in [-0.2, 0) is 34.7 Å². The summed E-state index contributed by atoms with van der Waals surface area (Å²) < 4.78 is 32.2. The van der Waals surface area contributed by atoms with Gasteiger partial charge >= 0.3 is 14.3 Å². The van der Waals surface area contributed by atoms with Gasteiger partial charge in [0.15, 0.2) is 0 Å². The Bertz CT molecular complexity index is 489. The molecule has 0 aromatic carbocycles. The van der Waals surface area contributed by atoms with Crippen LogP contribution < -0.4 is 0 Å².